The largest absolute Gasteiger partial charge is 0.327 e. The van der Waals surface area contributed by atoms with Gasteiger partial charge < -0.3 is 5.73 Å². The van der Waals surface area contributed by atoms with Crippen molar-refractivity contribution in [2.24, 2.45) is 23.5 Å². The molecular weight excluding hydrogens is 346 g/mol. The quantitative estimate of drug-likeness (QED) is 0.160. The van der Waals surface area contributed by atoms with Crippen LogP contribution in [0.15, 0.2) is 60.3 Å². The van der Waals surface area contributed by atoms with Gasteiger partial charge in [0.05, 0.1) is 0 Å². The number of unbranched alkanes of at least 4 members (excludes halogenated alkanes) is 2. The molecule has 0 aromatic carbocycles. The molecule has 0 bridgehead atoms. The lowest BCUT2D eigenvalue weighted by atomic mass is 9.86. The first-order valence-electron chi connectivity index (χ1n) is 10.7. The van der Waals surface area contributed by atoms with E-state index in [2.05, 4.69) is 75.6 Å². The van der Waals surface area contributed by atoms with Gasteiger partial charge in [-0.25, -0.2) is 0 Å². The van der Waals surface area contributed by atoms with Gasteiger partial charge in [0.25, 0.3) is 0 Å². The zero-order valence-corrected chi connectivity index (χ0v) is 18.6. The van der Waals surface area contributed by atoms with Crippen molar-refractivity contribution in [2.75, 3.05) is 5.75 Å². The predicted molar refractivity (Wildman–Crippen MR) is 126 cm³/mol. The molecule has 1 fully saturated rings. The Morgan fingerprint density at radius 1 is 1.19 bits per heavy atom. The molecule has 1 saturated carbocycles. The summed E-state index contributed by atoms with van der Waals surface area (Å²) in [5.74, 6) is 2.86. The zero-order chi connectivity index (χ0) is 20.1. The Morgan fingerprint density at radius 2 is 1.93 bits per heavy atom. The minimum atomic E-state index is 0.337. The number of nitrogens with two attached hydrogens (primary N) is 1. The normalized spacial score (nSPS) is 26.8. The van der Waals surface area contributed by atoms with E-state index in [1.165, 1.54) is 11.1 Å². The summed E-state index contributed by atoms with van der Waals surface area (Å²) in [5.41, 5.74) is 8.94. The van der Waals surface area contributed by atoms with E-state index in [0.29, 0.717) is 23.8 Å². The molecule has 1 nitrogen and oxygen atoms in total. The number of thiol groups is 1. The number of rotatable bonds is 12. The fourth-order valence-electron chi connectivity index (χ4n) is 4.12. The first-order chi connectivity index (χ1) is 13.0. The Bertz CT molecular complexity index is 541. The maximum absolute atomic E-state index is 6.44. The molecule has 0 saturated heterocycles. The third-order valence-corrected chi connectivity index (χ3v) is 5.85. The second kappa shape index (κ2) is 14.1. The van der Waals surface area contributed by atoms with Crippen LogP contribution in [0.25, 0.3) is 0 Å². The van der Waals surface area contributed by atoms with Crippen LogP contribution in [0.3, 0.4) is 0 Å². The molecule has 0 aromatic rings. The van der Waals surface area contributed by atoms with Crippen LogP contribution in [-0.4, -0.2) is 11.8 Å². The van der Waals surface area contributed by atoms with E-state index in [1.54, 1.807) is 0 Å². The summed E-state index contributed by atoms with van der Waals surface area (Å²) in [4.78, 5) is 0. The van der Waals surface area contributed by atoms with Crippen LogP contribution >= 0.6 is 12.6 Å². The SMILES string of the molecule is C=C(/C=C(C)\C=C/C)CCC/C=C/C1C(C)CC(N)C1C/C=C\CCCS. The van der Waals surface area contributed by atoms with Gasteiger partial charge in [0.1, 0.15) is 0 Å². The van der Waals surface area contributed by atoms with Crippen LogP contribution < -0.4 is 5.73 Å². The average molecular weight is 388 g/mol. The highest BCUT2D eigenvalue weighted by Gasteiger charge is 2.36. The molecule has 0 spiro atoms. The topological polar surface area (TPSA) is 26.0 Å². The summed E-state index contributed by atoms with van der Waals surface area (Å²) >= 11 is 4.27. The fraction of sp³-hybridized carbons (Fsp3) is 0.600. The van der Waals surface area contributed by atoms with Crippen LogP contribution in [0.4, 0.5) is 0 Å². The lowest BCUT2D eigenvalue weighted by molar-refractivity contribution is 0.385. The van der Waals surface area contributed by atoms with Crippen molar-refractivity contribution in [1.82, 2.24) is 0 Å². The van der Waals surface area contributed by atoms with Crippen molar-refractivity contribution in [1.29, 1.82) is 0 Å². The van der Waals surface area contributed by atoms with Gasteiger partial charge in [-0.05, 0) is 82.3 Å². The molecule has 0 heterocycles. The van der Waals surface area contributed by atoms with Crippen molar-refractivity contribution < 1.29 is 0 Å². The summed E-state index contributed by atoms with van der Waals surface area (Å²) in [6, 6.07) is 0.337. The van der Waals surface area contributed by atoms with Crippen LogP contribution in [-0.2, 0) is 0 Å². The Morgan fingerprint density at radius 3 is 2.63 bits per heavy atom. The molecule has 1 aliphatic carbocycles. The molecule has 27 heavy (non-hydrogen) atoms. The van der Waals surface area contributed by atoms with Gasteiger partial charge in [0.15, 0.2) is 0 Å². The summed E-state index contributed by atoms with van der Waals surface area (Å²) in [5, 5.41) is 0. The van der Waals surface area contributed by atoms with Crippen LogP contribution in [0, 0.1) is 17.8 Å². The van der Waals surface area contributed by atoms with Gasteiger partial charge in [-0.2, -0.15) is 12.6 Å². The van der Waals surface area contributed by atoms with Crippen molar-refractivity contribution in [2.45, 2.75) is 71.8 Å². The molecule has 2 N–H and O–H groups in total. The lowest BCUT2D eigenvalue weighted by Crippen LogP contribution is -2.26. The Kier molecular flexibility index (Phi) is 12.5. The van der Waals surface area contributed by atoms with Crippen molar-refractivity contribution in [3.05, 3.63) is 60.3 Å². The lowest BCUT2D eigenvalue weighted by Gasteiger charge is -2.20. The monoisotopic (exact) mass is 387 g/mol. The number of hydrogen-bond donors (Lipinski definition) is 2. The second-order valence-electron chi connectivity index (χ2n) is 8.06. The highest BCUT2D eigenvalue weighted by atomic mass is 32.1. The molecular formula is C25H41NS. The molecule has 0 aliphatic heterocycles. The Balaban J connectivity index is 2.43. The van der Waals surface area contributed by atoms with Crippen LogP contribution in [0.5, 0.6) is 0 Å². The summed E-state index contributed by atoms with van der Waals surface area (Å²) in [6.45, 7) is 10.7. The number of hydrogen-bond acceptors (Lipinski definition) is 2. The summed E-state index contributed by atoms with van der Waals surface area (Å²) in [6.07, 6.45) is 23.8. The second-order valence-corrected chi connectivity index (χ2v) is 8.51. The molecule has 4 unspecified atom stereocenters. The molecule has 0 radical (unpaired) electrons. The maximum Gasteiger partial charge on any atom is 0.00786 e. The van der Waals surface area contributed by atoms with Crippen molar-refractivity contribution >= 4 is 12.6 Å². The number of allylic oxidation sites excluding steroid dienone is 9. The minimum Gasteiger partial charge on any atom is -0.327 e. The predicted octanol–water partition coefficient (Wildman–Crippen LogP) is 7.05. The first kappa shape index (κ1) is 24.0. The first-order valence-corrected chi connectivity index (χ1v) is 11.3. The van der Waals surface area contributed by atoms with Crippen molar-refractivity contribution in [3.63, 3.8) is 0 Å². The van der Waals surface area contributed by atoms with Crippen LogP contribution in [0.2, 0.25) is 0 Å². The average Bonchev–Trinajstić information content (AvgIpc) is 2.88. The van der Waals surface area contributed by atoms with Gasteiger partial charge in [0, 0.05) is 6.04 Å². The highest BCUT2D eigenvalue weighted by Crippen LogP contribution is 2.39. The van der Waals surface area contributed by atoms with Crippen molar-refractivity contribution in [3.8, 4) is 0 Å². The molecule has 1 aliphatic rings. The summed E-state index contributed by atoms with van der Waals surface area (Å²) in [7, 11) is 0. The van der Waals surface area contributed by atoms with E-state index in [0.717, 1.165) is 50.7 Å². The highest BCUT2D eigenvalue weighted by molar-refractivity contribution is 7.80. The summed E-state index contributed by atoms with van der Waals surface area (Å²) < 4.78 is 0. The molecule has 152 valence electrons. The van der Waals surface area contributed by atoms with Gasteiger partial charge in [-0.3, -0.25) is 0 Å². The smallest absolute Gasteiger partial charge is 0.00786 e. The van der Waals surface area contributed by atoms with E-state index in [9.17, 15) is 0 Å². The van der Waals surface area contributed by atoms with E-state index in [4.69, 9.17) is 5.73 Å². The van der Waals surface area contributed by atoms with E-state index in [1.807, 2.05) is 6.92 Å². The van der Waals surface area contributed by atoms with E-state index < -0.39 is 0 Å². The molecule has 2 heteroatoms. The molecule has 1 rings (SSSR count). The van der Waals surface area contributed by atoms with Gasteiger partial charge in [0.2, 0.25) is 0 Å². The Labute approximate surface area is 174 Å². The van der Waals surface area contributed by atoms with Crippen LogP contribution in [0.1, 0.15) is 65.7 Å². The van der Waals surface area contributed by atoms with E-state index in [-0.39, 0.29) is 0 Å². The zero-order valence-electron chi connectivity index (χ0n) is 17.7. The third-order valence-electron chi connectivity index (χ3n) is 5.54. The van der Waals surface area contributed by atoms with Gasteiger partial charge >= 0.3 is 0 Å². The van der Waals surface area contributed by atoms with Gasteiger partial charge in [-0.1, -0.05) is 67.2 Å². The van der Waals surface area contributed by atoms with E-state index >= 15 is 0 Å². The third kappa shape index (κ3) is 9.67. The minimum absolute atomic E-state index is 0.337. The Hall–Kier alpha value is -0.990. The fourth-order valence-corrected chi connectivity index (χ4v) is 4.30. The molecule has 4 atom stereocenters. The molecule has 0 aromatic heterocycles. The molecule has 0 amide bonds. The van der Waals surface area contributed by atoms with Gasteiger partial charge in [-0.15, -0.1) is 0 Å². The standard InChI is InChI=1S/C25H41NS/c1-5-13-20(2)18-21(3)14-9-8-11-15-23-22(4)19-25(26)24(23)16-10-6-7-12-17-27/h5-6,10-11,13,15,18,22-25,27H,3,7-9,12,14,16-17,19,26H2,1-2,4H3/b10-6-,13-5-,15-11+,20-18-. The maximum atomic E-state index is 6.44.